The summed E-state index contributed by atoms with van der Waals surface area (Å²) >= 11 is 0. The standard InChI is InChI=1S/C5H12BNO/c6-5(8)3-1-2-4-7/h5,8H,1-4,7H2/t5-/m0/s1. The molecule has 0 aromatic carbocycles. The van der Waals surface area contributed by atoms with E-state index >= 15 is 0 Å². The Hall–Kier alpha value is -0.0151. The third kappa shape index (κ3) is 5.98. The van der Waals surface area contributed by atoms with Crippen LogP contribution in [0.15, 0.2) is 0 Å². The van der Waals surface area contributed by atoms with E-state index in [0.29, 0.717) is 13.0 Å². The summed E-state index contributed by atoms with van der Waals surface area (Å²) in [6.07, 6.45) is 2.54. The number of hydrogen-bond acceptors (Lipinski definition) is 2. The minimum absolute atomic E-state index is 0.651. The molecular weight excluding hydrogens is 101 g/mol. The van der Waals surface area contributed by atoms with Gasteiger partial charge in [0.2, 0.25) is 0 Å². The molecule has 3 heteroatoms. The lowest BCUT2D eigenvalue weighted by atomic mass is 9.95. The second-order valence-corrected chi connectivity index (χ2v) is 1.85. The third-order valence-corrected chi connectivity index (χ3v) is 0.954. The topological polar surface area (TPSA) is 46.2 Å². The lowest BCUT2D eigenvalue weighted by Crippen LogP contribution is -2.06. The van der Waals surface area contributed by atoms with Gasteiger partial charge >= 0.3 is 0 Å². The van der Waals surface area contributed by atoms with Crippen molar-refractivity contribution in [2.45, 2.75) is 25.3 Å². The number of unbranched alkanes of at least 4 members (excludes halogenated alkanes) is 1. The lowest BCUT2D eigenvalue weighted by Gasteiger charge is -2.00. The van der Waals surface area contributed by atoms with E-state index in [1.54, 1.807) is 0 Å². The van der Waals surface area contributed by atoms with E-state index in [9.17, 15) is 0 Å². The molecule has 46 valence electrons. The average molecular weight is 113 g/mol. The SMILES string of the molecule is [B][C@@H](O)CCCCN. The Morgan fingerprint density at radius 1 is 1.50 bits per heavy atom. The Labute approximate surface area is 51.5 Å². The Morgan fingerprint density at radius 2 is 2.12 bits per heavy atom. The molecular formula is C5H12BNO. The molecule has 0 fully saturated rings. The second-order valence-electron chi connectivity index (χ2n) is 1.85. The zero-order chi connectivity index (χ0) is 6.41. The maximum absolute atomic E-state index is 8.52. The van der Waals surface area contributed by atoms with Gasteiger partial charge in [0.25, 0.3) is 0 Å². The summed E-state index contributed by atoms with van der Waals surface area (Å²) < 4.78 is 0. The van der Waals surface area contributed by atoms with Gasteiger partial charge in [-0.15, -0.1) is 0 Å². The van der Waals surface area contributed by atoms with Crippen LogP contribution in [0.1, 0.15) is 19.3 Å². The lowest BCUT2D eigenvalue weighted by molar-refractivity contribution is 0.240. The van der Waals surface area contributed by atoms with Crippen molar-refractivity contribution in [1.82, 2.24) is 0 Å². The molecule has 0 rings (SSSR count). The molecule has 0 saturated heterocycles. The van der Waals surface area contributed by atoms with E-state index in [2.05, 4.69) is 0 Å². The van der Waals surface area contributed by atoms with E-state index in [1.165, 1.54) is 0 Å². The van der Waals surface area contributed by atoms with Gasteiger partial charge in [0.1, 0.15) is 7.85 Å². The number of aliphatic hydroxyl groups is 1. The molecule has 0 saturated carbocycles. The molecule has 8 heavy (non-hydrogen) atoms. The van der Waals surface area contributed by atoms with Crippen LogP contribution in [-0.4, -0.2) is 25.5 Å². The quantitative estimate of drug-likeness (QED) is 0.385. The van der Waals surface area contributed by atoms with Crippen LogP contribution in [0.5, 0.6) is 0 Å². The highest BCUT2D eigenvalue weighted by Crippen LogP contribution is 1.94. The summed E-state index contributed by atoms with van der Waals surface area (Å²) in [5.41, 5.74) is 5.19. The zero-order valence-corrected chi connectivity index (χ0v) is 5.01. The molecule has 0 bridgehead atoms. The van der Waals surface area contributed by atoms with Gasteiger partial charge in [-0.1, -0.05) is 6.42 Å². The van der Waals surface area contributed by atoms with Gasteiger partial charge in [0.15, 0.2) is 0 Å². The van der Waals surface area contributed by atoms with Crippen LogP contribution < -0.4 is 5.73 Å². The third-order valence-electron chi connectivity index (χ3n) is 0.954. The highest BCUT2D eigenvalue weighted by atomic mass is 16.3. The molecule has 0 heterocycles. The first kappa shape index (κ1) is 7.98. The van der Waals surface area contributed by atoms with Crippen LogP contribution in [0.4, 0.5) is 0 Å². The fraction of sp³-hybridized carbons (Fsp3) is 1.00. The highest BCUT2D eigenvalue weighted by molar-refractivity contribution is 6.10. The van der Waals surface area contributed by atoms with E-state index in [0.717, 1.165) is 12.8 Å². The molecule has 0 spiro atoms. The molecule has 3 N–H and O–H groups in total. The first-order valence-corrected chi connectivity index (χ1v) is 2.91. The van der Waals surface area contributed by atoms with Crippen molar-refractivity contribution in [3.8, 4) is 0 Å². The maximum atomic E-state index is 8.52. The molecule has 0 aromatic rings. The normalized spacial score (nSPS) is 13.8. The first-order valence-electron chi connectivity index (χ1n) is 2.91. The summed E-state index contributed by atoms with van der Waals surface area (Å²) in [4.78, 5) is 0. The van der Waals surface area contributed by atoms with Crippen LogP contribution in [0.2, 0.25) is 0 Å². The van der Waals surface area contributed by atoms with E-state index in [-0.39, 0.29) is 0 Å². The largest absolute Gasteiger partial charge is 0.403 e. The molecule has 0 aromatic heterocycles. The molecule has 0 amide bonds. The van der Waals surface area contributed by atoms with Crippen molar-refractivity contribution >= 4 is 7.85 Å². The average Bonchev–Trinajstić information content (AvgIpc) is 1.66. The number of rotatable bonds is 4. The number of hydrogen-bond donors (Lipinski definition) is 2. The van der Waals surface area contributed by atoms with Crippen LogP contribution in [-0.2, 0) is 0 Å². The summed E-state index contributed by atoms with van der Waals surface area (Å²) in [6.45, 7) is 0.687. The fourth-order valence-corrected chi connectivity index (χ4v) is 0.498. The van der Waals surface area contributed by atoms with Crippen LogP contribution in [0.25, 0.3) is 0 Å². The van der Waals surface area contributed by atoms with Crippen LogP contribution >= 0.6 is 0 Å². The smallest absolute Gasteiger partial charge is 0.108 e. The van der Waals surface area contributed by atoms with Crippen molar-refractivity contribution in [2.75, 3.05) is 6.54 Å². The highest BCUT2D eigenvalue weighted by Gasteiger charge is 1.92. The first-order chi connectivity index (χ1) is 3.77. The Balaban J connectivity index is 2.72. The van der Waals surface area contributed by atoms with Gasteiger partial charge in [0.05, 0.1) is 0 Å². The monoisotopic (exact) mass is 113 g/mol. The van der Waals surface area contributed by atoms with Gasteiger partial charge in [-0.25, -0.2) is 0 Å². The molecule has 0 aliphatic carbocycles. The fourth-order valence-electron chi connectivity index (χ4n) is 0.498. The molecule has 1 atom stereocenters. The van der Waals surface area contributed by atoms with Crippen LogP contribution in [0, 0.1) is 0 Å². The summed E-state index contributed by atoms with van der Waals surface area (Å²) in [6, 6.07) is -0.651. The van der Waals surface area contributed by atoms with Gasteiger partial charge in [0, 0.05) is 6.00 Å². The number of nitrogens with two attached hydrogens (primary N) is 1. The molecule has 0 aliphatic rings. The zero-order valence-electron chi connectivity index (χ0n) is 5.01. The Morgan fingerprint density at radius 3 is 2.50 bits per heavy atom. The Kier molecular flexibility index (Phi) is 5.12. The van der Waals surface area contributed by atoms with Crippen molar-refractivity contribution in [1.29, 1.82) is 0 Å². The minimum atomic E-state index is -0.651. The predicted molar refractivity (Wildman–Crippen MR) is 34.7 cm³/mol. The van der Waals surface area contributed by atoms with Crippen molar-refractivity contribution in [3.63, 3.8) is 0 Å². The van der Waals surface area contributed by atoms with E-state index in [4.69, 9.17) is 18.7 Å². The van der Waals surface area contributed by atoms with Crippen molar-refractivity contribution in [2.24, 2.45) is 5.73 Å². The van der Waals surface area contributed by atoms with Gasteiger partial charge in [-0.2, -0.15) is 0 Å². The molecule has 2 nitrogen and oxygen atoms in total. The van der Waals surface area contributed by atoms with Gasteiger partial charge in [-0.05, 0) is 19.4 Å². The predicted octanol–water partition coefficient (Wildman–Crippen LogP) is -0.398. The summed E-state index contributed by atoms with van der Waals surface area (Å²) in [5, 5.41) is 8.52. The van der Waals surface area contributed by atoms with Crippen LogP contribution in [0.3, 0.4) is 0 Å². The Bertz CT molecular complexity index is 49.7. The molecule has 0 aliphatic heterocycles. The molecule has 0 unspecified atom stereocenters. The van der Waals surface area contributed by atoms with Crippen molar-refractivity contribution < 1.29 is 5.11 Å². The summed E-state index contributed by atoms with van der Waals surface area (Å²) in [7, 11) is 5.05. The summed E-state index contributed by atoms with van der Waals surface area (Å²) in [5.74, 6) is 0. The van der Waals surface area contributed by atoms with Gasteiger partial charge in [-0.3, -0.25) is 0 Å². The maximum Gasteiger partial charge on any atom is 0.108 e. The van der Waals surface area contributed by atoms with Crippen molar-refractivity contribution in [3.05, 3.63) is 0 Å². The number of aliphatic hydroxyl groups excluding tert-OH is 1. The second kappa shape index (κ2) is 5.13. The molecule has 2 radical (unpaired) electrons. The van der Waals surface area contributed by atoms with Gasteiger partial charge < -0.3 is 10.8 Å². The van der Waals surface area contributed by atoms with E-state index in [1.807, 2.05) is 0 Å². The minimum Gasteiger partial charge on any atom is -0.403 e. The van der Waals surface area contributed by atoms with E-state index < -0.39 is 6.00 Å².